The van der Waals surface area contributed by atoms with Crippen LogP contribution in [-0.4, -0.2) is 68.1 Å². The van der Waals surface area contributed by atoms with Gasteiger partial charge < -0.3 is 30.7 Å². The Labute approximate surface area is 225 Å². The van der Waals surface area contributed by atoms with Crippen molar-refractivity contribution in [3.05, 3.63) is 29.8 Å². The zero-order valence-corrected chi connectivity index (χ0v) is 22.8. The summed E-state index contributed by atoms with van der Waals surface area (Å²) in [5.74, 6) is -0.964. The second-order valence-corrected chi connectivity index (χ2v) is 10.5. The van der Waals surface area contributed by atoms with Crippen molar-refractivity contribution in [1.82, 2.24) is 21.3 Å². The Morgan fingerprint density at radius 1 is 1.13 bits per heavy atom. The van der Waals surface area contributed by atoms with Gasteiger partial charge in [-0.2, -0.15) is 0 Å². The normalized spacial score (nSPS) is 22.7. The average molecular weight is 531 g/mol. The van der Waals surface area contributed by atoms with Gasteiger partial charge in [-0.25, -0.2) is 0 Å². The van der Waals surface area contributed by atoms with Gasteiger partial charge in [0.05, 0.1) is 11.6 Å². The molecule has 1 saturated carbocycles. The monoisotopic (exact) mass is 530 g/mol. The highest BCUT2D eigenvalue weighted by atomic mass is 16.5. The van der Waals surface area contributed by atoms with Gasteiger partial charge in [0.2, 0.25) is 17.7 Å². The third-order valence-electron chi connectivity index (χ3n) is 7.30. The smallest absolute Gasteiger partial charge is 0.255 e. The van der Waals surface area contributed by atoms with Crippen LogP contribution in [0.4, 0.5) is 0 Å². The Hall–Kier alpha value is -3.14. The van der Waals surface area contributed by atoms with Crippen LogP contribution in [0.3, 0.4) is 0 Å². The zero-order valence-electron chi connectivity index (χ0n) is 22.8. The number of rotatable bonds is 6. The number of para-hydroxylation sites is 1. The first kappa shape index (κ1) is 29.4. The number of hydrogen-bond acceptors (Lipinski definition) is 6. The van der Waals surface area contributed by atoms with Crippen LogP contribution < -0.4 is 26.0 Å². The van der Waals surface area contributed by atoms with Gasteiger partial charge in [0.1, 0.15) is 23.9 Å². The number of nitrogens with one attached hydrogen (secondary N) is 4. The van der Waals surface area contributed by atoms with Gasteiger partial charge in [-0.1, -0.05) is 45.2 Å². The Morgan fingerprint density at radius 2 is 1.87 bits per heavy atom. The van der Waals surface area contributed by atoms with E-state index in [1.807, 2.05) is 13.8 Å². The molecular formula is C28H42N4O6. The molecule has 2 aliphatic rings. The number of ether oxygens (including phenoxy) is 2. The van der Waals surface area contributed by atoms with Crippen LogP contribution in [0.25, 0.3) is 0 Å². The Morgan fingerprint density at radius 3 is 2.58 bits per heavy atom. The van der Waals surface area contributed by atoms with Crippen LogP contribution in [0, 0.1) is 5.92 Å². The molecule has 1 spiro atoms. The molecule has 10 nitrogen and oxygen atoms in total. The summed E-state index contributed by atoms with van der Waals surface area (Å²) in [5.41, 5.74) is -0.719. The van der Waals surface area contributed by atoms with Crippen molar-refractivity contribution < 1.29 is 28.7 Å². The predicted octanol–water partition coefficient (Wildman–Crippen LogP) is 2.07. The SMILES string of the molecule is COCCCNC(=O)[C@@H]1CCC(=O)NC2(CCCCC2)C(=O)N[C@@H](C(C)C)COc2ccccc2C(=O)N1. The summed E-state index contributed by atoms with van der Waals surface area (Å²) in [7, 11) is 1.59. The first-order valence-electron chi connectivity index (χ1n) is 13.7. The number of methoxy groups -OCH3 is 1. The van der Waals surface area contributed by atoms with Crippen molar-refractivity contribution in [3.63, 3.8) is 0 Å². The van der Waals surface area contributed by atoms with E-state index in [4.69, 9.17) is 9.47 Å². The topological polar surface area (TPSA) is 135 Å². The van der Waals surface area contributed by atoms with Gasteiger partial charge in [0.25, 0.3) is 5.91 Å². The number of carbonyl (C=O) groups excluding carboxylic acids is 4. The highest BCUT2D eigenvalue weighted by Crippen LogP contribution is 2.29. The molecule has 1 heterocycles. The Kier molecular flexibility index (Phi) is 10.9. The molecule has 0 bridgehead atoms. The van der Waals surface area contributed by atoms with Gasteiger partial charge >= 0.3 is 0 Å². The Bertz CT molecular complexity index is 976. The minimum atomic E-state index is -0.998. The summed E-state index contributed by atoms with van der Waals surface area (Å²) in [6.07, 6.45) is 4.49. The van der Waals surface area contributed by atoms with Crippen molar-refractivity contribution in [2.75, 3.05) is 26.9 Å². The zero-order chi connectivity index (χ0) is 27.5. The molecule has 210 valence electrons. The maximum Gasteiger partial charge on any atom is 0.255 e. The molecule has 1 aromatic rings. The fourth-order valence-corrected chi connectivity index (χ4v) is 4.89. The molecule has 1 aliphatic heterocycles. The predicted molar refractivity (Wildman–Crippen MR) is 143 cm³/mol. The maximum absolute atomic E-state index is 13.6. The third-order valence-corrected chi connectivity index (χ3v) is 7.30. The standard InChI is InChI=1S/C28H42N4O6/c1-19(2)22-18-38-23-11-6-5-10-20(23)25(34)30-21(26(35)29-16-9-17-37-3)12-13-24(33)32-28(27(36)31-22)14-7-4-8-15-28/h5-6,10-11,19,21-22H,4,7-9,12-18H2,1-3H3,(H,29,35)(H,30,34)(H,31,36)(H,32,33)/t21-,22+/m0/s1. The molecule has 2 atom stereocenters. The van der Waals surface area contributed by atoms with E-state index in [2.05, 4.69) is 21.3 Å². The lowest BCUT2D eigenvalue weighted by atomic mass is 9.80. The van der Waals surface area contributed by atoms with Gasteiger partial charge in [0, 0.05) is 26.7 Å². The summed E-state index contributed by atoms with van der Waals surface area (Å²) >= 11 is 0. The van der Waals surface area contributed by atoms with E-state index < -0.39 is 17.5 Å². The molecule has 1 aromatic carbocycles. The summed E-state index contributed by atoms with van der Waals surface area (Å²) < 4.78 is 11.1. The van der Waals surface area contributed by atoms with E-state index >= 15 is 0 Å². The van der Waals surface area contributed by atoms with E-state index in [0.717, 1.165) is 19.3 Å². The van der Waals surface area contributed by atoms with E-state index in [9.17, 15) is 19.2 Å². The van der Waals surface area contributed by atoms with Crippen LogP contribution >= 0.6 is 0 Å². The average Bonchev–Trinajstić information content (AvgIpc) is 2.91. The van der Waals surface area contributed by atoms with Crippen molar-refractivity contribution in [2.45, 2.75) is 82.8 Å². The van der Waals surface area contributed by atoms with Crippen LogP contribution in [-0.2, 0) is 19.1 Å². The molecule has 4 N–H and O–H groups in total. The van der Waals surface area contributed by atoms with Crippen LogP contribution in [0.15, 0.2) is 24.3 Å². The Balaban J connectivity index is 1.90. The van der Waals surface area contributed by atoms with Gasteiger partial charge in [-0.15, -0.1) is 0 Å². The second-order valence-electron chi connectivity index (χ2n) is 10.5. The number of benzene rings is 1. The first-order chi connectivity index (χ1) is 18.3. The van der Waals surface area contributed by atoms with Gasteiger partial charge in [-0.3, -0.25) is 19.2 Å². The molecule has 0 unspecified atom stereocenters. The summed E-state index contributed by atoms with van der Waals surface area (Å²) in [5, 5.41) is 11.7. The summed E-state index contributed by atoms with van der Waals surface area (Å²) in [6, 6.07) is 5.54. The molecule has 38 heavy (non-hydrogen) atoms. The largest absolute Gasteiger partial charge is 0.491 e. The van der Waals surface area contributed by atoms with Crippen molar-refractivity contribution >= 4 is 23.6 Å². The molecule has 0 radical (unpaired) electrons. The van der Waals surface area contributed by atoms with Gasteiger partial charge in [0.15, 0.2) is 0 Å². The van der Waals surface area contributed by atoms with E-state index in [-0.39, 0.29) is 54.7 Å². The van der Waals surface area contributed by atoms with Crippen LogP contribution in [0.2, 0.25) is 0 Å². The number of amides is 4. The number of carbonyl (C=O) groups is 4. The number of hydrogen-bond donors (Lipinski definition) is 4. The second kappa shape index (κ2) is 14.1. The first-order valence-corrected chi connectivity index (χ1v) is 13.7. The van der Waals surface area contributed by atoms with Crippen molar-refractivity contribution in [3.8, 4) is 5.75 Å². The third kappa shape index (κ3) is 7.93. The molecule has 4 amide bonds. The van der Waals surface area contributed by atoms with Crippen molar-refractivity contribution in [2.24, 2.45) is 5.92 Å². The molecular weight excluding hydrogens is 488 g/mol. The molecule has 1 aliphatic carbocycles. The van der Waals surface area contributed by atoms with E-state index in [1.54, 1.807) is 31.4 Å². The van der Waals surface area contributed by atoms with Gasteiger partial charge in [-0.05, 0) is 43.7 Å². The quantitative estimate of drug-likeness (QED) is 0.416. The summed E-state index contributed by atoms with van der Waals surface area (Å²) in [4.78, 5) is 53.0. The number of fused-ring (bicyclic) bond motifs is 1. The molecule has 0 aromatic heterocycles. The minimum Gasteiger partial charge on any atom is -0.491 e. The van der Waals surface area contributed by atoms with E-state index in [1.165, 1.54) is 0 Å². The summed E-state index contributed by atoms with van der Waals surface area (Å²) in [6.45, 7) is 5.00. The molecule has 1 fully saturated rings. The fourth-order valence-electron chi connectivity index (χ4n) is 4.89. The highest BCUT2D eigenvalue weighted by Gasteiger charge is 2.42. The fraction of sp³-hybridized carbons (Fsp3) is 0.643. The van der Waals surface area contributed by atoms with Crippen LogP contribution in [0.1, 0.15) is 75.6 Å². The lowest BCUT2D eigenvalue weighted by molar-refractivity contribution is -0.136. The van der Waals surface area contributed by atoms with Crippen LogP contribution in [0.5, 0.6) is 5.75 Å². The molecule has 3 rings (SSSR count). The lowest BCUT2D eigenvalue weighted by Crippen LogP contribution is -2.62. The maximum atomic E-state index is 13.6. The lowest BCUT2D eigenvalue weighted by Gasteiger charge is -2.38. The molecule has 10 heteroatoms. The highest BCUT2D eigenvalue weighted by molar-refractivity contribution is 6.00. The minimum absolute atomic E-state index is 0.0166. The van der Waals surface area contributed by atoms with Crippen molar-refractivity contribution in [1.29, 1.82) is 0 Å². The van der Waals surface area contributed by atoms with E-state index in [0.29, 0.717) is 38.2 Å². The molecule has 0 saturated heterocycles.